The van der Waals surface area contributed by atoms with Gasteiger partial charge in [0.05, 0.1) is 11.5 Å². The van der Waals surface area contributed by atoms with Crippen LogP contribution in [0.5, 0.6) is 0 Å². The van der Waals surface area contributed by atoms with E-state index in [2.05, 4.69) is 9.82 Å². The molecule has 1 aromatic rings. The SMILES string of the molecule is Cn1cc(S(=O)(=O)NCC2CCS(=O)(=O)C2)c(N)n1. The van der Waals surface area contributed by atoms with Crippen LogP contribution in [0.25, 0.3) is 0 Å². The average Bonchev–Trinajstić information content (AvgIpc) is 2.79. The highest BCUT2D eigenvalue weighted by atomic mass is 32.2. The zero-order chi connectivity index (χ0) is 14.3. The minimum atomic E-state index is -3.75. The van der Waals surface area contributed by atoms with Crippen molar-refractivity contribution in [2.75, 3.05) is 23.8 Å². The second kappa shape index (κ2) is 4.76. The van der Waals surface area contributed by atoms with Gasteiger partial charge >= 0.3 is 0 Å². The topological polar surface area (TPSA) is 124 Å². The smallest absolute Gasteiger partial charge is 0.245 e. The Kier molecular flexibility index (Phi) is 3.58. The van der Waals surface area contributed by atoms with Crippen LogP contribution in [0, 0.1) is 5.92 Å². The Balaban J connectivity index is 2.05. The third kappa shape index (κ3) is 3.25. The van der Waals surface area contributed by atoms with Crippen LogP contribution in [-0.2, 0) is 26.9 Å². The summed E-state index contributed by atoms with van der Waals surface area (Å²) in [6.45, 7) is 0.0932. The fourth-order valence-electron chi connectivity index (χ4n) is 2.03. The second-order valence-corrected chi connectivity index (χ2v) is 8.64. The molecule has 1 fully saturated rings. The van der Waals surface area contributed by atoms with Gasteiger partial charge in [-0.3, -0.25) is 4.68 Å². The first-order chi connectivity index (χ1) is 8.70. The molecule has 2 heterocycles. The molecular weight excluding hydrogens is 292 g/mol. The Labute approximate surface area is 111 Å². The Morgan fingerprint density at radius 1 is 1.58 bits per heavy atom. The maximum Gasteiger partial charge on any atom is 0.245 e. The number of hydrogen-bond donors (Lipinski definition) is 2. The third-order valence-corrected chi connectivity index (χ3v) is 6.28. The Bertz CT molecular complexity index is 677. The summed E-state index contributed by atoms with van der Waals surface area (Å²) >= 11 is 0. The van der Waals surface area contributed by atoms with Gasteiger partial charge in [0.1, 0.15) is 4.90 Å². The maximum atomic E-state index is 12.0. The van der Waals surface area contributed by atoms with Crippen LogP contribution in [-0.4, -0.2) is 44.7 Å². The van der Waals surface area contributed by atoms with E-state index in [-0.39, 0.29) is 34.7 Å². The molecule has 0 bridgehead atoms. The molecule has 10 heteroatoms. The first-order valence-corrected chi connectivity index (χ1v) is 8.99. The van der Waals surface area contributed by atoms with Gasteiger partial charge in [-0.05, 0) is 12.3 Å². The van der Waals surface area contributed by atoms with Crippen molar-refractivity contribution < 1.29 is 16.8 Å². The number of sulfone groups is 1. The van der Waals surface area contributed by atoms with Crippen LogP contribution < -0.4 is 10.5 Å². The summed E-state index contributed by atoms with van der Waals surface area (Å²) in [6.07, 6.45) is 1.79. The van der Waals surface area contributed by atoms with Crippen molar-refractivity contribution in [2.24, 2.45) is 13.0 Å². The molecule has 2 rings (SSSR count). The molecule has 0 amide bonds. The zero-order valence-electron chi connectivity index (χ0n) is 10.4. The number of aromatic nitrogens is 2. The first-order valence-electron chi connectivity index (χ1n) is 5.69. The van der Waals surface area contributed by atoms with Crippen LogP contribution in [0.15, 0.2) is 11.1 Å². The molecule has 1 aliphatic heterocycles. The Morgan fingerprint density at radius 2 is 2.26 bits per heavy atom. The maximum absolute atomic E-state index is 12.0. The lowest BCUT2D eigenvalue weighted by Crippen LogP contribution is -2.30. The van der Waals surface area contributed by atoms with Crippen LogP contribution >= 0.6 is 0 Å². The zero-order valence-corrected chi connectivity index (χ0v) is 12.0. The van der Waals surface area contributed by atoms with E-state index in [4.69, 9.17) is 5.73 Å². The summed E-state index contributed by atoms with van der Waals surface area (Å²) in [7, 11) is -5.19. The summed E-state index contributed by atoms with van der Waals surface area (Å²) in [5.74, 6) is -0.112. The fourth-order valence-corrected chi connectivity index (χ4v) is 5.11. The normalized spacial score (nSPS) is 22.7. The van der Waals surface area contributed by atoms with Crippen LogP contribution in [0.2, 0.25) is 0 Å². The van der Waals surface area contributed by atoms with Gasteiger partial charge in [0, 0.05) is 19.8 Å². The van der Waals surface area contributed by atoms with Gasteiger partial charge < -0.3 is 5.73 Å². The molecule has 1 aromatic heterocycles. The number of nitrogens with zero attached hydrogens (tertiary/aromatic N) is 2. The van der Waals surface area contributed by atoms with Crippen molar-refractivity contribution in [2.45, 2.75) is 11.3 Å². The summed E-state index contributed by atoms with van der Waals surface area (Å²) in [6, 6.07) is 0. The molecule has 1 atom stereocenters. The Hall–Kier alpha value is -1.13. The summed E-state index contributed by atoms with van der Waals surface area (Å²) in [4.78, 5) is -0.0872. The molecule has 108 valence electrons. The summed E-state index contributed by atoms with van der Waals surface area (Å²) in [5.41, 5.74) is 5.51. The number of nitrogens with two attached hydrogens (primary N) is 1. The van der Waals surface area contributed by atoms with Crippen LogP contribution in [0.4, 0.5) is 5.82 Å². The molecule has 0 spiro atoms. The molecule has 1 saturated heterocycles. The van der Waals surface area contributed by atoms with E-state index in [0.29, 0.717) is 6.42 Å². The number of nitrogens with one attached hydrogen (secondary N) is 1. The van der Waals surface area contributed by atoms with Crippen molar-refractivity contribution in [3.05, 3.63) is 6.20 Å². The standard InChI is InChI=1S/C9H16N4O4S2/c1-13-5-8(9(10)12-13)19(16,17)11-4-7-2-3-18(14,15)6-7/h5,7,11H,2-4,6H2,1H3,(H2,10,12). The van der Waals surface area contributed by atoms with E-state index in [9.17, 15) is 16.8 Å². The molecule has 1 unspecified atom stereocenters. The van der Waals surface area contributed by atoms with Gasteiger partial charge in [-0.1, -0.05) is 0 Å². The van der Waals surface area contributed by atoms with E-state index in [1.165, 1.54) is 10.9 Å². The number of sulfonamides is 1. The van der Waals surface area contributed by atoms with Gasteiger partial charge in [-0.2, -0.15) is 5.10 Å². The van der Waals surface area contributed by atoms with Crippen molar-refractivity contribution in [1.82, 2.24) is 14.5 Å². The van der Waals surface area contributed by atoms with Crippen molar-refractivity contribution >= 4 is 25.7 Å². The van der Waals surface area contributed by atoms with E-state index in [1.54, 1.807) is 7.05 Å². The fraction of sp³-hybridized carbons (Fsp3) is 0.667. The number of rotatable bonds is 4. The lowest BCUT2D eigenvalue weighted by Gasteiger charge is -2.09. The molecule has 0 saturated carbocycles. The summed E-state index contributed by atoms with van der Waals surface area (Å²) < 4.78 is 50.2. The predicted octanol–water partition coefficient (Wildman–Crippen LogP) is -1.28. The van der Waals surface area contributed by atoms with Crippen LogP contribution in [0.3, 0.4) is 0 Å². The number of anilines is 1. The van der Waals surface area contributed by atoms with E-state index in [0.717, 1.165) is 0 Å². The first kappa shape index (κ1) is 14.3. The van der Waals surface area contributed by atoms with Crippen molar-refractivity contribution in [3.63, 3.8) is 0 Å². The third-order valence-electron chi connectivity index (χ3n) is 3.00. The minimum absolute atomic E-state index is 0.0258. The van der Waals surface area contributed by atoms with E-state index >= 15 is 0 Å². The summed E-state index contributed by atoms with van der Waals surface area (Å²) in [5, 5.41) is 3.76. The molecule has 8 nitrogen and oxygen atoms in total. The predicted molar refractivity (Wildman–Crippen MR) is 69.6 cm³/mol. The highest BCUT2D eigenvalue weighted by Gasteiger charge is 2.29. The van der Waals surface area contributed by atoms with Crippen molar-refractivity contribution in [3.8, 4) is 0 Å². The lowest BCUT2D eigenvalue weighted by molar-refractivity contribution is 0.543. The van der Waals surface area contributed by atoms with E-state index < -0.39 is 19.9 Å². The second-order valence-electron chi connectivity index (χ2n) is 4.67. The highest BCUT2D eigenvalue weighted by molar-refractivity contribution is 7.91. The molecular formula is C9H16N4O4S2. The molecule has 0 radical (unpaired) electrons. The number of hydrogen-bond acceptors (Lipinski definition) is 6. The highest BCUT2D eigenvalue weighted by Crippen LogP contribution is 2.19. The van der Waals surface area contributed by atoms with Gasteiger partial charge in [-0.25, -0.2) is 21.6 Å². The monoisotopic (exact) mass is 308 g/mol. The van der Waals surface area contributed by atoms with E-state index in [1.807, 2.05) is 0 Å². The molecule has 0 aliphatic carbocycles. The molecule has 0 aromatic carbocycles. The molecule has 19 heavy (non-hydrogen) atoms. The average molecular weight is 308 g/mol. The largest absolute Gasteiger partial charge is 0.381 e. The van der Waals surface area contributed by atoms with Gasteiger partial charge in [0.2, 0.25) is 10.0 Å². The van der Waals surface area contributed by atoms with Gasteiger partial charge in [0.25, 0.3) is 0 Å². The lowest BCUT2D eigenvalue weighted by atomic mass is 10.1. The quantitative estimate of drug-likeness (QED) is 0.713. The van der Waals surface area contributed by atoms with Gasteiger partial charge in [0.15, 0.2) is 15.7 Å². The van der Waals surface area contributed by atoms with Gasteiger partial charge in [-0.15, -0.1) is 0 Å². The number of aryl methyl sites for hydroxylation is 1. The Morgan fingerprint density at radius 3 is 2.74 bits per heavy atom. The van der Waals surface area contributed by atoms with Crippen LogP contribution in [0.1, 0.15) is 6.42 Å². The molecule has 3 N–H and O–H groups in total. The van der Waals surface area contributed by atoms with Crippen molar-refractivity contribution in [1.29, 1.82) is 0 Å². The number of nitrogen functional groups attached to an aromatic ring is 1. The molecule has 1 aliphatic rings. The minimum Gasteiger partial charge on any atom is -0.381 e.